The lowest BCUT2D eigenvalue weighted by Crippen LogP contribution is -2.47. The average molecular weight is 241 g/mol. The van der Waals surface area contributed by atoms with Gasteiger partial charge in [0.25, 0.3) is 0 Å². The van der Waals surface area contributed by atoms with Crippen LogP contribution in [-0.4, -0.2) is 14.4 Å². The summed E-state index contributed by atoms with van der Waals surface area (Å²) in [5, 5.41) is 0.245. The molecule has 2 atom stereocenters. The van der Waals surface area contributed by atoms with Gasteiger partial charge in [-0.2, -0.15) is 0 Å². The summed E-state index contributed by atoms with van der Waals surface area (Å²) < 4.78 is 14.3. The molecule has 94 valence electrons. The topological polar surface area (TPSA) is 9.23 Å². The van der Waals surface area contributed by atoms with Crippen molar-refractivity contribution in [3.05, 3.63) is 12.2 Å². The van der Waals surface area contributed by atoms with Crippen LogP contribution in [0, 0.1) is 5.41 Å². The summed E-state index contributed by atoms with van der Waals surface area (Å²) in [6.07, 6.45) is 5.10. The standard InChI is InChI=1S/C14H28OSi/c1-13(2,3)16(6,7)15-12-10-8-9-11-14(12,4)5/h8,10,12H,9,11H2,1-7H3/t12-/m0/s1/i9D/t9-,12-. The summed E-state index contributed by atoms with van der Waals surface area (Å²) in [5.41, 5.74) is 0.0800. The Labute approximate surface area is 104 Å². The van der Waals surface area contributed by atoms with E-state index < -0.39 is 8.32 Å². The zero-order chi connectivity index (χ0) is 13.5. The fourth-order valence-corrected chi connectivity index (χ4v) is 3.01. The number of rotatable bonds is 2. The first kappa shape index (κ1) is 12.4. The molecule has 1 rings (SSSR count). The van der Waals surface area contributed by atoms with Crippen LogP contribution in [0.5, 0.6) is 0 Å². The Hall–Kier alpha value is -0.0831. The van der Waals surface area contributed by atoms with E-state index in [1.165, 1.54) is 0 Å². The Morgan fingerprint density at radius 1 is 1.38 bits per heavy atom. The third-order valence-electron chi connectivity index (χ3n) is 4.06. The monoisotopic (exact) mass is 241 g/mol. The molecule has 0 bridgehead atoms. The van der Waals surface area contributed by atoms with Gasteiger partial charge in [0.05, 0.1) is 6.10 Å². The molecule has 0 heterocycles. The van der Waals surface area contributed by atoms with Crippen molar-refractivity contribution in [3.8, 4) is 0 Å². The number of hydrogen-bond donors (Lipinski definition) is 0. The third-order valence-corrected chi connectivity index (χ3v) is 8.52. The Morgan fingerprint density at radius 3 is 2.38 bits per heavy atom. The molecule has 0 aliphatic heterocycles. The molecule has 2 heteroatoms. The largest absolute Gasteiger partial charge is 0.410 e. The van der Waals surface area contributed by atoms with E-state index in [1.54, 1.807) is 0 Å². The molecule has 0 aromatic carbocycles. The average Bonchev–Trinajstić information content (AvgIpc) is 2.07. The second kappa shape index (κ2) is 4.30. The van der Waals surface area contributed by atoms with Gasteiger partial charge in [-0.3, -0.25) is 0 Å². The van der Waals surface area contributed by atoms with E-state index in [9.17, 15) is 0 Å². The van der Waals surface area contributed by atoms with E-state index >= 15 is 0 Å². The molecule has 0 aromatic heterocycles. The van der Waals surface area contributed by atoms with E-state index in [1.807, 2.05) is 6.08 Å². The predicted molar refractivity (Wildman–Crippen MR) is 74.2 cm³/mol. The highest BCUT2D eigenvalue weighted by atomic mass is 28.4. The van der Waals surface area contributed by atoms with Gasteiger partial charge >= 0.3 is 0 Å². The molecule has 0 fully saturated rings. The molecule has 1 aliphatic carbocycles. The first-order chi connectivity index (χ1) is 7.46. The van der Waals surface area contributed by atoms with E-state index in [2.05, 4.69) is 53.8 Å². The highest BCUT2D eigenvalue weighted by molar-refractivity contribution is 6.74. The van der Waals surface area contributed by atoms with Crippen LogP contribution in [0.4, 0.5) is 0 Å². The van der Waals surface area contributed by atoms with Crippen LogP contribution in [0.25, 0.3) is 0 Å². The lowest BCUT2D eigenvalue weighted by atomic mass is 9.79. The zero-order valence-corrected chi connectivity index (χ0v) is 12.9. The summed E-state index contributed by atoms with van der Waals surface area (Å²) in [6, 6.07) is 0. The maximum atomic E-state index is 7.84. The van der Waals surface area contributed by atoms with Crippen LogP contribution in [0.2, 0.25) is 18.1 Å². The predicted octanol–water partition coefficient (Wildman–Crippen LogP) is 4.75. The molecule has 0 spiro atoms. The molecule has 0 amide bonds. The van der Waals surface area contributed by atoms with Gasteiger partial charge in [0.2, 0.25) is 0 Å². The Kier molecular flexibility index (Phi) is 3.33. The zero-order valence-electron chi connectivity index (χ0n) is 12.9. The fourth-order valence-electron chi connectivity index (χ4n) is 1.62. The van der Waals surface area contributed by atoms with Gasteiger partial charge in [0.1, 0.15) is 0 Å². The second-order valence-electron chi connectivity index (χ2n) is 7.11. The molecule has 0 saturated carbocycles. The highest BCUT2D eigenvalue weighted by Gasteiger charge is 2.42. The van der Waals surface area contributed by atoms with Crippen molar-refractivity contribution in [1.29, 1.82) is 0 Å². The van der Waals surface area contributed by atoms with Crippen LogP contribution >= 0.6 is 0 Å². The summed E-state index contributed by atoms with van der Waals surface area (Å²) >= 11 is 0. The van der Waals surface area contributed by atoms with Crippen LogP contribution in [0.3, 0.4) is 0 Å². The molecular weight excluding hydrogens is 212 g/mol. The van der Waals surface area contributed by atoms with Gasteiger partial charge in [0.15, 0.2) is 8.32 Å². The second-order valence-corrected chi connectivity index (χ2v) is 11.9. The maximum absolute atomic E-state index is 7.84. The molecule has 1 aliphatic rings. The molecule has 0 unspecified atom stereocenters. The smallest absolute Gasteiger partial charge is 0.192 e. The van der Waals surface area contributed by atoms with Crippen LogP contribution in [0.15, 0.2) is 12.2 Å². The highest BCUT2D eigenvalue weighted by Crippen LogP contribution is 2.42. The molecule has 0 saturated heterocycles. The quantitative estimate of drug-likeness (QED) is 0.500. The maximum Gasteiger partial charge on any atom is 0.192 e. The molecule has 0 N–H and O–H groups in total. The van der Waals surface area contributed by atoms with Crippen molar-refractivity contribution in [3.63, 3.8) is 0 Å². The summed E-state index contributed by atoms with van der Waals surface area (Å²) in [7, 11) is -1.72. The Balaban J connectivity index is 2.85. The van der Waals surface area contributed by atoms with Crippen molar-refractivity contribution in [2.45, 2.75) is 71.7 Å². The summed E-state index contributed by atoms with van der Waals surface area (Å²) in [6.45, 7) is 15.8. The SMILES string of the molecule is [2H][C@H]1C=C[C@H](O[Si](C)(C)C(C)(C)C)C(C)(C)C1. The van der Waals surface area contributed by atoms with Gasteiger partial charge in [-0.1, -0.05) is 46.8 Å². The van der Waals surface area contributed by atoms with Gasteiger partial charge in [-0.25, -0.2) is 0 Å². The van der Waals surface area contributed by atoms with Crippen molar-refractivity contribution >= 4 is 8.32 Å². The third kappa shape index (κ3) is 2.98. The number of hydrogen-bond acceptors (Lipinski definition) is 1. The minimum atomic E-state index is -1.72. The van der Waals surface area contributed by atoms with Crippen molar-refractivity contribution in [2.24, 2.45) is 5.41 Å². The minimum absolute atomic E-state index is 0.0655. The van der Waals surface area contributed by atoms with Gasteiger partial charge in [0, 0.05) is 1.37 Å². The van der Waals surface area contributed by atoms with Crippen LogP contribution in [0.1, 0.15) is 48.8 Å². The van der Waals surface area contributed by atoms with E-state index in [0.717, 1.165) is 6.42 Å². The first-order valence-electron chi connectivity index (χ1n) is 6.82. The minimum Gasteiger partial charge on any atom is -0.410 e. The normalized spacial score (nSPS) is 31.3. The van der Waals surface area contributed by atoms with Crippen molar-refractivity contribution in [2.75, 3.05) is 0 Å². The van der Waals surface area contributed by atoms with Gasteiger partial charge in [-0.05, 0) is 36.4 Å². The first-order valence-corrected chi connectivity index (χ1v) is 9.15. The lowest BCUT2D eigenvalue weighted by Gasteiger charge is -2.44. The molecule has 0 radical (unpaired) electrons. The fraction of sp³-hybridized carbons (Fsp3) is 0.857. The van der Waals surface area contributed by atoms with Crippen LogP contribution < -0.4 is 0 Å². The van der Waals surface area contributed by atoms with E-state index in [-0.39, 0.29) is 23.0 Å². The Bertz CT molecular complexity index is 302. The molecule has 0 aromatic rings. The molecule has 1 nitrogen and oxygen atoms in total. The number of allylic oxidation sites excluding steroid dienone is 1. The van der Waals surface area contributed by atoms with E-state index in [4.69, 9.17) is 5.80 Å². The van der Waals surface area contributed by atoms with Crippen LogP contribution in [-0.2, 0) is 4.43 Å². The Morgan fingerprint density at radius 2 is 1.94 bits per heavy atom. The van der Waals surface area contributed by atoms with Crippen molar-refractivity contribution < 1.29 is 5.80 Å². The molecule has 16 heavy (non-hydrogen) atoms. The van der Waals surface area contributed by atoms with Gasteiger partial charge < -0.3 is 4.43 Å². The van der Waals surface area contributed by atoms with E-state index in [0.29, 0.717) is 0 Å². The lowest BCUT2D eigenvalue weighted by molar-refractivity contribution is 0.0860. The van der Waals surface area contributed by atoms with Crippen molar-refractivity contribution in [1.82, 2.24) is 0 Å². The summed E-state index contributed by atoms with van der Waals surface area (Å²) in [4.78, 5) is 0. The van der Waals surface area contributed by atoms with Gasteiger partial charge in [-0.15, -0.1) is 0 Å². The summed E-state index contributed by atoms with van der Waals surface area (Å²) in [5.74, 6) is 0. The molecular formula is C14H28OSi.